The molecule has 1 atom stereocenters. The van der Waals surface area contributed by atoms with Gasteiger partial charge in [0.25, 0.3) is 0 Å². The van der Waals surface area contributed by atoms with Crippen LogP contribution in [0.25, 0.3) is 0 Å². The van der Waals surface area contributed by atoms with Crippen molar-refractivity contribution in [3.05, 3.63) is 53.3 Å². The maximum atomic E-state index is 13.0. The van der Waals surface area contributed by atoms with Crippen LogP contribution < -0.4 is 0 Å². The van der Waals surface area contributed by atoms with E-state index >= 15 is 0 Å². The van der Waals surface area contributed by atoms with Gasteiger partial charge in [0.1, 0.15) is 0 Å². The minimum absolute atomic E-state index is 0.279. The number of hydrogen-bond donors (Lipinski definition) is 0. The van der Waals surface area contributed by atoms with Crippen molar-refractivity contribution in [3.63, 3.8) is 0 Å². The van der Waals surface area contributed by atoms with Crippen molar-refractivity contribution in [1.82, 2.24) is 19.6 Å². The third-order valence-corrected chi connectivity index (χ3v) is 5.74. The van der Waals surface area contributed by atoms with Gasteiger partial charge in [0, 0.05) is 19.2 Å². The molecule has 0 radical (unpaired) electrons. The fourth-order valence-corrected chi connectivity index (χ4v) is 4.37. The molecule has 2 aromatic rings. The van der Waals surface area contributed by atoms with Crippen molar-refractivity contribution in [2.45, 2.75) is 38.3 Å². The van der Waals surface area contributed by atoms with Gasteiger partial charge in [-0.2, -0.15) is 5.10 Å². The number of hydrogen-bond acceptors (Lipinski definition) is 3. The van der Waals surface area contributed by atoms with Gasteiger partial charge in [-0.1, -0.05) is 24.3 Å². The van der Waals surface area contributed by atoms with E-state index < -0.39 is 0 Å². The summed E-state index contributed by atoms with van der Waals surface area (Å²) in [5.74, 6) is 0.747. The molecule has 138 valence electrons. The second kappa shape index (κ2) is 7.23. The SMILES string of the molecule is CN(C)CC[C@H]1CN(C(=O)CC2Cc3ccccc3C2)Cc2ccnn21. The largest absolute Gasteiger partial charge is 0.335 e. The second-order valence-electron chi connectivity index (χ2n) is 8.03. The van der Waals surface area contributed by atoms with Gasteiger partial charge in [-0.05, 0) is 63.0 Å². The minimum atomic E-state index is 0.279. The van der Waals surface area contributed by atoms with Crippen LogP contribution in [0, 0.1) is 5.92 Å². The predicted molar refractivity (Wildman–Crippen MR) is 102 cm³/mol. The van der Waals surface area contributed by atoms with E-state index in [4.69, 9.17) is 0 Å². The summed E-state index contributed by atoms with van der Waals surface area (Å²) >= 11 is 0. The molecule has 0 saturated carbocycles. The Hall–Kier alpha value is -2.14. The maximum absolute atomic E-state index is 13.0. The molecule has 0 unspecified atom stereocenters. The fourth-order valence-electron chi connectivity index (χ4n) is 4.37. The molecule has 2 aliphatic rings. The van der Waals surface area contributed by atoms with Gasteiger partial charge in [0.2, 0.25) is 5.91 Å². The molecule has 0 bridgehead atoms. The average Bonchev–Trinajstić information content (AvgIpc) is 3.25. The van der Waals surface area contributed by atoms with Gasteiger partial charge in [0.15, 0.2) is 0 Å². The molecule has 1 aliphatic heterocycles. The van der Waals surface area contributed by atoms with Crippen LogP contribution in [0.15, 0.2) is 36.5 Å². The van der Waals surface area contributed by atoms with E-state index in [1.807, 2.05) is 12.3 Å². The molecule has 5 heteroatoms. The zero-order chi connectivity index (χ0) is 18.1. The lowest BCUT2D eigenvalue weighted by molar-refractivity contribution is -0.134. The molecule has 0 fully saturated rings. The number of aromatic nitrogens is 2. The number of carbonyl (C=O) groups is 1. The van der Waals surface area contributed by atoms with E-state index in [1.165, 1.54) is 11.1 Å². The molecule has 4 rings (SSSR count). The molecule has 1 aromatic heterocycles. The Morgan fingerprint density at radius 3 is 2.62 bits per heavy atom. The monoisotopic (exact) mass is 352 g/mol. The molecule has 26 heavy (non-hydrogen) atoms. The molecule has 0 spiro atoms. The summed E-state index contributed by atoms with van der Waals surface area (Å²) in [6.07, 6.45) is 5.61. The highest BCUT2D eigenvalue weighted by molar-refractivity contribution is 5.76. The number of rotatable bonds is 5. The van der Waals surface area contributed by atoms with E-state index in [-0.39, 0.29) is 6.04 Å². The Morgan fingerprint density at radius 2 is 1.92 bits per heavy atom. The quantitative estimate of drug-likeness (QED) is 0.830. The highest BCUT2D eigenvalue weighted by Gasteiger charge is 2.31. The summed E-state index contributed by atoms with van der Waals surface area (Å²) in [6.45, 7) is 2.47. The first-order valence-corrected chi connectivity index (χ1v) is 9.62. The molecule has 0 saturated heterocycles. The zero-order valence-corrected chi connectivity index (χ0v) is 15.8. The first-order valence-electron chi connectivity index (χ1n) is 9.62. The molecule has 1 aromatic carbocycles. The van der Waals surface area contributed by atoms with Gasteiger partial charge < -0.3 is 9.80 Å². The van der Waals surface area contributed by atoms with Gasteiger partial charge in [-0.15, -0.1) is 0 Å². The van der Waals surface area contributed by atoms with E-state index in [9.17, 15) is 4.79 Å². The zero-order valence-electron chi connectivity index (χ0n) is 15.8. The summed E-state index contributed by atoms with van der Waals surface area (Å²) in [6, 6.07) is 10.9. The number of amides is 1. The van der Waals surface area contributed by atoms with E-state index in [0.29, 0.717) is 24.8 Å². The number of fused-ring (bicyclic) bond motifs is 2. The van der Waals surface area contributed by atoms with Crippen LogP contribution in [0.2, 0.25) is 0 Å². The summed E-state index contributed by atoms with van der Waals surface area (Å²) in [4.78, 5) is 17.3. The highest BCUT2D eigenvalue weighted by atomic mass is 16.2. The van der Waals surface area contributed by atoms with Crippen molar-refractivity contribution < 1.29 is 4.79 Å². The first kappa shape index (κ1) is 17.3. The molecule has 5 nitrogen and oxygen atoms in total. The number of nitrogens with zero attached hydrogens (tertiary/aromatic N) is 4. The maximum Gasteiger partial charge on any atom is 0.223 e. The molecule has 0 N–H and O–H groups in total. The molecule has 1 aliphatic carbocycles. The third-order valence-electron chi connectivity index (χ3n) is 5.74. The van der Waals surface area contributed by atoms with Crippen molar-refractivity contribution in [3.8, 4) is 0 Å². The van der Waals surface area contributed by atoms with Crippen molar-refractivity contribution >= 4 is 5.91 Å². The van der Waals surface area contributed by atoms with Crippen LogP contribution in [0.1, 0.15) is 35.7 Å². The smallest absolute Gasteiger partial charge is 0.223 e. The Morgan fingerprint density at radius 1 is 1.19 bits per heavy atom. The first-order chi connectivity index (χ1) is 12.6. The van der Waals surface area contributed by atoms with Crippen molar-refractivity contribution in [2.75, 3.05) is 27.2 Å². The lowest BCUT2D eigenvalue weighted by Crippen LogP contribution is -2.42. The van der Waals surface area contributed by atoms with Crippen LogP contribution in [0.4, 0.5) is 0 Å². The lowest BCUT2D eigenvalue weighted by atomic mass is 10.0. The van der Waals surface area contributed by atoms with Gasteiger partial charge >= 0.3 is 0 Å². The molecular weight excluding hydrogens is 324 g/mol. The average molecular weight is 352 g/mol. The number of benzene rings is 1. The van der Waals surface area contributed by atoms with Crippen molar-refractivity contribution in [1.29, 1.82) is 0 Å². The van der Waals surface area contributed by atoms with E-state index in [2.05, 4.69) is 57.9 Å². The Balaban J connectivity index is 1.41. The topological polar surface area (TPSA) is 41.4 Å². The van der Waals surface area contributed by atoms with Gasteiger partial charge in [-0.25, -0.2) is 0 Å². The third kappa shape index (κ3) is 3.54. The Bertz CT molecular complexity index is 757. The summed E-state index contributed by atoms with van der Waals surface area (Å²) < 4.78 is 2.12. The van der Waals surface area contributed by atoms with Gasteiger partial charge in [-0.3, -0.25) is 9.48 Å². The summed E-state index contributed by atoms with van der Waals surface area (Å²) in [7, 11) is 4.18. The lowest BCUT2D eigenvalue weighted by Gasteiger charge is -2.35. The predicted octanol–water partition coefficient (Wildman–Crippen LogP) is 2.52. The molecular formula is C21H28N4O. The van der Waals surface area contributed by atoms with Crippen LogP contribution in [0.3, 0.4) is 0 Å². The van der Waals surface area contributed by atoms with Crippen LogP contribution >= 0.6 is 0 Å². The second-order valence-corrected chi connectivity index (χ2v) is 8.03. The number of carbonyl (C=O) groups excluding carboxylic acids is 1. The summed E-state index contributed by atoms with van der Waals surface area (Å²) in [5.41, 5.74) is 4.00. The minimum Gasteiger partial charge on any atom is -0.335 e. The van der Waals surface area contributed by atoms with Crippen molar-refractivity contribution in [2.24, 2.45) is 5.92 Å². The molecule has 2 heterocycles. The highest BCUT2D eigenvalue weighted by Crippen LogP contribution is 2.30. The van der Waals surface area contributed by atoms with E-state index in [0.717, 1.165) is 38.0 Å². The fraction of sp³-hybridized carbons (Fsp3) is 0.524. The normalized spacial score (nSPS) is 19.7. The van der Waals surface area contributed by atoms with E-state index in [1.54, 1.807) is 0 Å². The van der Waals surface area contributed by atoms with Crippen LogP contribution in [-0.2, 0) is 24.2 Å². The van der Waals surface area contributed by atoms with Gasteiger partial charge in [0.05, 0.1) is 18.3 Å². The Labute approximate surface area is 155 Å². The molecule has 1 amide bonds. The summed E-state index contributed by atoms with van der Waals surface area (Å²) in [5, 5.41) is 4.50. The van der Waals surface area contributed by atoms with Crippen LogP contribution in [-0.4, -0.2) is 52.7 Å². The Kier molecular flexibility index (Phi) is 4.81. The van der Waals surface area contributed by atoms with Crippen LogP contribution in [0.5, 0.6) is 0 Å². The standard InChI is InChI=1S/C21H28N4O/c1-23(2)10-8-20-15-24(14-19-7-9-22-25(19)20)21(26)13-16-11-17-5-3-4-6-18(17)12-16/h3-7,9,16,20H,8,10-15H2,1-2H3/t20-/m0/s1.